The highest BCUT2D eigenvalue weighted by atomic mass is 19.1. The van der Waals surface area contributed by atoms with E-state index in [1.54, 1.807) is 13.0 Å². The van der Waals surface area contributed by atoms with Crippen molar-refractivity contribution in [2.75, 3.05) is 11.1 Å². The second-order valence-corrected chi connectivity index (χ2v) is 3.93. The first kappa shape index (κ1) is 12.7. The SMILES string of the molecule is Cc1c(F)cccc1Nc1cc([N+](=O)[O-])cc(N)n1. The molecule has 0 saturated carbocycles. The Bertz CT molecular complexity index is 646. The largest absolute Gasteiger partial charge is 0.383 e. The Kier molecular flexibility index (Phi) is 3.28. The summed E-state index contributed by atoms with van der Waals surface area (Å²) in [4.78, 5) is 14.1. The molecule has 3 N–H and O–H groups in total. The molecule has 0 spiro atoms. The predicted octanol–water partition coefficient (Wildman–Crippen LogP) is 2.76. The van der Waals surface area contributed by atoms with E-state index in [9.17, 15) is 14.5 Å². The van der Waals surface area contributed by atoms with Crippen LogP contribution in [0.25, 0.3) is 0 Å². The predicted molar refractivity (Wildman–Crippen MR) is 69.7 cm³/mol. The molecule has 6 nitrogen and oxygen atoms in total. The molecule has 0 unspecified atom stereocenters. The molecule has 2 aromatic rings. The van der Waals surface area contributed by atoms with Gasteiger partial charge in [0.2, 0.25) is 0 Å². The molecule has 1 aromatic heterocycles. The van der Waals surface area contributed by atoms with Crippen LogP contribution in [0.1, 0.15) is 5.56 Å². The van der Waals surface area contributed by atoms with Crippen LogP contribution >= 0.6 is 0 Å². The lowest BCUT2D eigenvalue weighted by atomic mass is 10.2. The average molecular weight is 262 g/mol. The number of aromatic nitrogens is 1. The summed E-state index contributed by atoms with van der Waals surface area (Å²) in [7, 11) is 0. The van der Waals surface area contributed by atoms with Gasteiger partial charge in [0.25, 0.3) is 5.69 Å². The Balaban J connectivity index is 2.38. The number of nitrogens with two attached hydrogens (primary N) is 1. The van der Waals surface area contributed by atoms with E-state index in [2.05, 4.69) is 10.3 Å². The van der Waals surface area contributed by atoms with Crippen LogP contribution in [0, 0.1) is 22.9 Å². The third-order valence-corrected chi connectivity index (χ3v) is 2.57. The number of halogens is 1. The minimum atomic E-state index is -0.568. The lowest BCUT2D eigenvalue weighted by Crippen LogP contribution is -2.01. The Morgan fingerprint density at radius 1 is 1.42 bits per heavy atom. The monoisotopic (exact) mass is 262 g/mol. The quantitative estimate of drug-likeness (QED) is 0.655. The maximum atomic E-state index is 13.4. The van der Waals surface area contributed by atoms with Gasteiger partial charge >= 0.3 is 0 Å². The van der Waals surface area contributed by atoms with Gasteiger partial charge in [-0.15, -0.1) is 0 Å². The third-order valence-electron chi connectivity index (χ3n) is 2.57. The van der Waals surface area contributed by atoms with Gasteiger partial charge in [-0.1, -0.05) is 6.07 Å². The van der Waals surface area contributed by atoms with Gasteiger partial charge in [0.15, 0.2) is 0 Å². The van der Waals surface area contributed by atoms with Crippen molar-refractivity contribution in [1.82, 2.24) is 4.98 Å². The van der Waals surface area contributed by atoms with Crippen LogP contribution in [0.15, 0.2) is 30.3 Å². The van der Waals surface area contributed by atoms with Crippen LogP contribution in [0.3, 0.4) is 0 Å². The van der Waals surface area contributed by atoms with Crippen molar-refractivity contribution in [3.63, 3.8) is 0 Å². The van der Waals surface area contributed by atoms with Gasteiger partial charge < -0.3 is 11.1 Å². The first-order valence-corrected chi connectivity index (χ1v) is 5.41. The second kappa shape index (κ2) is 4.89. The minimum absolute atomic E-state index is 0.0192. The molecule has 0 amide bonds. The van der Waals surface area contributed by atoms with E-state index in [0.717, 1.165) is 6.07 Å². The zero-order valence-corrected chi connectivity index (χ0v) is 10.1. The number of hydrogen-bond acceptors (Lipinski definition) is 5. The molecule has 0 bridgehead atoms. The number of rotatable bonds is 3. The number of nitrogens with zero attached hydrogens (tertiary/aromatic N) is 2. The fraction of sp³-hybridized carbons (Fsp3) is 0.0833. The van der Waals surface area contributed by atoms with Crippen LogP contribution in [0.4, 0.5) is 27.4 Å². The van der Waals surface area contributed by atoms with Crippen molar-refractivity contribution in [3.05, 3.63) is 51.8 Å². The Labute approximate surface area is 108 Å². The molecule has 1 heterocycles. The van der Waals surface area contributed by atoms with E-state index in [-0.39, 0.29) is 23.1 Å². The van der Waals surface area contributed by atoms with Crippen LogP contribution in [0.2, 0.25) is 0 Å². The van der Waals surface area contributed by atoms with E-state index in [0.29, 0.717) is 11.3 Å². The fourth-order valence-electron chi connectivity index (χ4n) is 1.59. The van der Waals surface area contributed by atoms with Crippen LogP contribution in [-0.2, 0) is 0 Å². The second-order valence-electron chi connectivity index (χ2n) is 3.93. The van der Waals surface area contributed by atoms with E-state index in [4.69, 9.17) is 5.73 Å². The van der Waals surface area contributed by atoms with Gasteiger partial charge in [-0.2, -0.15) is 0 Å². The number of nitrogen functional groups attached to an aromatic ring is 1. The summed E-state index contributed by atoms with van der Waals surface area (Å²) in [6, 6.07) is 6.90. The molecule has 1 aromatic carbocycles. The van der Waals surface area contributed by atoms with Gasteiger partial charge in [-0.05, 0) is 19.1 Å². The summed E-state index contributed by atoms with van der Waals surface area (Å²) in [5.74, 6) is -0.158. The highest BCUT2D eigenvalue weighted by Gasteiger charge is 2.11. The zero-order valence-electron chi connectivity index (χ0n) is 10.1. The molecule has 2 rings (SSSR count). The minimum Gasteiger partial charge on any atom is -0.383 e. The van der Waals surface area contributed by atoms with E-state index < -0.39 is 4.92 Å². The Morgan fingerprint density at radius 2 is 2.16 bits per heavy atom. The first-order valence-electron chi connectivity index (χ1n) is 5.41. The Hall–Kier alpha value is -2.70. The summed E-state index contributed by atoms with van der Waals surface area (Å²) < 4.78 is 13.4. The smallest absolute Gasteiger partial charge is 0.276 e. The molecule has 19 heavy (non-hydrogen) atoms. The van der Waals surface area contributed by atoms with Crippen molar-refractivity contribution >= 4 is 23.0 Å². The first-order chi connectivity index (χ1) is 8.97. The summed E-state index contributed by atoms with van der Waals surface area (Å²) in [5, 5.41) is 13.5. The lowest BCUT2D eigenvalue weighted by Gasteiger charge is -2.09. The fourth-order valence-corrected chi connectivity index (χ4v) is 1.59. The third kappa shape index (κ3) is 2.76. The highest BCUT2D eigenvalue weighted by Crippen LogP contribution is 2.24. The maximum Gasteiger partial charge on any atom is 0.276 e. The molecule has 0 saturated heterocycles. The van der Waals surface area contributed by atoms with Gasteiger partial charge in [0.05, 0.1) is 17.1 Å². The average Bonchev–Trinajstić information content (AvgIpc) is 2.34. The van der Waals surface area contributed by atoms with Gasteiger partial charge in [0, 0.05) is 11.3 Å². The number of anilines is 3. The van der Waals surface area contributed by atoms with Crippen molar-refractivity contribution in [2.45, 2.75) is 6.92 Å². The molecule has 0 aliphatic rings. The summed E-state index contributed by atoms with van der Waals surface area (Å²) in [5.41, 5.74) is 6.19. The van der Waals surface area contributed by atoms with Crippen molar-refractivity contribution in [3.8, 4) is 0 Å². The van der Waals surface area contributed by atoms with Gasteiger partial charge in [-0.3, -0.25) is 10.1 Å². The summed E-state index contributed by atoms with van der Waals surface area (Å²) in [6.07, 6.45) is 0. The maximum absolute atomic E-state index is 13.4. The molecule has 0 aliphatic heterocycles. The number of nitro groups is 1. The van der Waals surface area contributed by atoms with Crippen LogP contribution in [0.5, 0.6) is 0 Å². The van der Waals surface area contributed by atoms with Crippen molar-refractivity contribution in [2.24, 2.45) is 0 Å². The van der Waals surface area contributed by atoms with E-state index in [1.807, 2.05) is 0 Å². The van der Waals surface area contributed by atoms with Crippen molar-refractivity contribution in [1.29, 1.82) is 0 Å². The molecule has 0 radical (unpaired) electrons. The van der Waals surface area contributed by atoms with Crippen LogP contribution in [-0.4, -0.2) is 9.91 Å². The summed E-state index contributed by atoms with van der Waals surface area (Å²) >= 11 is 0. The van der Waals surface area contributed by atoms with Crippen LogP contribution < -0.4 is 11.1 Å². The number of benzene rings is 1. The highest BCUT2D eigenvalue weighted by molar-refractivity contribution is 5.64. The molecular weight excluding hydrogens is 251 g/mol. The number of pyridine rings is 1. The number of hydrogen-bond donors (Lipinski definition) is 2. The van der Waals surface area contributed by atoms with Gasteiger partial charge in [0.1, 0.15) is 17.5 Å². The molecule has 0 aliphatic carbocycles. The van der Waals surface area contributed by atoms with Gasteiger partial charge in [-0.25, -0.2) is 9.37 Å². The molecule has 98 valence electrons. The normalized spacial score (nSPS) is 10.2. The van der Waals surface area contributed by atoms with E-state index in [1.165, 1.54) is 18.2 Å². The topological polar surface area (TPSA) is 94.1 Å². The molecule has 0 fully saturated rings. The Morgan fingerprint density at radius 3 is 2.84 bits per heavy atom. The van der Waals surface area contributed by atoms with Crippen molar-refractivity contribution < 1.29 is 9.31 Å². The summed E-state index contributed by atoms with van der Waals surface area (Å²) in [6.45, 7) is 1.60. The molecular formula is C12H11FN4O2. The zero-order chi connectivity index (χ0) is 14.0. The number of nitrogens with one attached hydrogen (secondary N) is 1. The molecule has 0 atom stereocenters. The standard InChI is InChI=1S/C12H11FN4O2/c1-7-9(13)3-2-4-10(7)15-12-6-8(17(18)19)5-11(14)16-12/h2-6H,1H3,(H3,14,15,16). The van der Waals surface area contributed by atoms with E-state index >= 15 is 0 Å². The molecule has 7 heteroatoms. The lowest BCUT2D eigenvalue weighted by molar-refractivity contribution is -0.384.